The van der Waals surface area contributed by atoms with Gasteiger partial charge in [0.05, 0.1) is 0 Å². The first kappa shape index (κ1) is 6.47. The Kier molecular flexibility index (Phi) is 1.07. The second-order valence-corrected chi connectivity index (χ2v) is 5.11. The molecule has 0 radical (unpaired) electrons. The van der Waals surface area contributed by atoms with Crippen LogP contribution >= 0.6 is 0 Å². The highest BCUT2D eigenvalue weighted by Gasteiger charge is 2.53. The molecule has 3 rings (SSSR count). The quantitative estimate of drug-likeness (QED) is 0.509. The SMILES string of the molecule is CC12CCCC3CN(CC31)C2. The number of hydrogen-bond acceptors (Lipinski definition) is 1. The molecule has 2 bridgehead atoms. The van der Waals surface area contributed by atoms with Crippen LogP contribution in [0.3, 0.4) is 0 Å². The number of fused-ring (bicyclic) bond motifs is 1. The van der Waals surface area contributed by atoms with Crippen LogP contribution in [0.1, 0.15) is 26.2 Å². The van der Waals surface area contributed by atoms with Crippen molar-refractivity contribution in [2.45, 2.75) is 26.2 Å². The highest BCUT2D eigenvalue weighted by atomic mass is 15.2. The van der Waals surface area contributed by atoms with Gasteiger partial charge in [-0.25, -0.2) is 0 Å². The van der Waals surface area contributed by atoms with Gasteiger partial charge in [-0.3, -0.25) is 0 Å². The lowest BCUT2D eigenvalue weighted by atomic mass is 9.64. The summed E-state index contributed by atoms with van der Waals surface area (Å²) < 4.78 is 0. The third kappa shape index (κ3) is 0.703. The Balaban J connectivity index is 1.97. The first-order chi connectivity index (χ1) is 5.28. The van der Waals surface area contributed by atoms with E-state index in [0.29, 0.717) is 0 Å². The van der Waals surface area contributed by atoms with E-state index in [1.807, 2.05) is 0 Å². The third-order valence-corrected chi connectivity index (χ3v) is 4.32. The number of hydrogen-bond donors (Lipinski definition) is 0. The lowest BCUT2D eigenvalue weighted by molar-refractivity contribution is 0.0752. The van der Waals surface area contributed by atoms with E-state index in [4.69, 9.17) is 0 Å². The molecule has 0 N–H and O–H groups in total. The van der Waals surface area contributed by atoms with Gasteiger partial charge in [-0.1, -0.05) is 13.3 Å². The van der Waals surface area contributed by atoms with Crippen molar-refractivity contribution < 1.29 is 0 Å². The van der Waals surface area contributed by atoms with E-state index < -0.39 is 0 Å². The minimum atomic E-state index is 0.737. The maximum Gasteiger partial charge on any atom is 0.00388 e. The smallest absolute Gasteiger partial charge is 0.00388 e. The van der Waals surface area contributed by atoms with Crippen molar-refractivity contribution in [2.75, 3.05) is 19.6 Å². The van der Waals surface area contributed by atoms with Crippen molar-refractivity contribution in [1.29, 1.82) is 0 Å². The molecule has 3 aliphatic rings. The van der Waals surface area contributed by atoms with Crippen LogP contribution in [0.15, 0.2) is 0 Å². The van der Waals surface area contributed by atoms with Crippen LogP contribution in [-0.4, -0.2) is 24.5 Å². The highest BCUT2D eigenvalue weighted by molar-refractivity contribution is 5.05. The molecule has 2 saturated heterocycles. The zero-order valence-corrected chi connectivity index (χ0v) is 7.34. The topological polar surface area (TPSA) is 3.24 Å². The molecule has 2 aliphatic heterocycles. The number of rotatable bonds is 0. The zero-order valence-electron chi connectivity index (χ0n) is 7.34. The van der Waals surface area contributed by atoms with Crippen LogP contribution in [-0.2, 0) is 0 Å². The summed E-state index contributed by atoms with van der Waals surface area (Å²) in [4.78, 5) is 2.69. The van der Waals surface area contributed by atoms with Gasteiger partial charge in [0.2, 0.25) is 0 Å². The van der Waals surface area contributed by atoms with E-state index in [9.17, 15) is 0 Å². The molecule has 4 atom stereocenters. The van der Waals surface area contributed by atoms with Gasteiger partial charge in [-0.05, 0) is 30.1 Å². The first-order valence-corrected chi connectivity index (χ1v) is 5.00. The van der Waals surface area contributed by atoms with E-state index in [0.717, 1.165) is 17.3 Å². The number of nitrogens with zero attached hydrogens (tertiary/aromatic N) is 1. The molecule has 1 aliphatic carbocycles. The van der Waals surface area contributed by atoms with Crippen LogP contribution in [0.25, 0.3) is 0 Å². The van der Waals surface area contributed by atoms with Crippen molar-refractivity contribution in [1.82, 2.24) is 4.90 Å². The summed E-state index contributed by atoms with van der Waals surface area (Å²) in [6.07, 6.45) is 4.53. The fraction of sp³-hybridized carbons (Fsp3) is 1.00. The van der Waals surface area contributed by atoms with Crippen molar-refractivity contribution in [3.63, 3.8) is 0 Å². The fourth-order valence-electron chi connectivity index (χ4n) is 3.83. The lowest BCUT2D eigenvalue weighted by Gasteiger charge is -2.43. The molecule has 62 valence electrons. The maximum absolute atomic E-state index is 2.69. The van der Waals surface area contributed by atoms with Gasteiger partial charge in [0, 0.05) is 19.6 Å². The van der Waals surface area contributed by atoms with Gasteiger partial charge >= 0.3 is 0 Å². The van der Waals surface area contributed by atoms with Gasteiger partial charge < -0.3 is 4.90 Å². The monoisotopic (exact) mass is 151 g/mol. The van der Waals surface area contributed by atoms with E-state index in [-0.39, 0.29) is 0 Å². The molecule has 1 saturated carbocycles. The maximum atomic E-state index is 2.69. The van der Waals surface area contributed by atoms with Crippen molar-refractivity contribution in [2.24, 2.45) is 17.3 Å². The molecule has 0 amide bonds. The molecule has 1 nitrogen and oxygen atoms in total. The van der Waals surface area contributed by atoms with Gasteiger partial charge in [0.15, 0.2) is 0 Å². The summed E-state index contributed by atoms with van der Waals surface area (Å²) in [7, 11) is 0. The second kappa shape index (κ2) is 1.82. The Hall–Kier alpha value is -0.0400. The third-order valence-electron chi connectivity index (χ3n) is 4.32. The largest absolute Gasteiger partial charge is 0.302 e. The molecule has 0 aromatic rings. The van der Waals surface area contributed by atoms with E-state index in [1.54, 1.807) is 0 Å². The van der Waals surface area contributed by atoms with Crippen LogP contribution in [0.2, 0.25) is 0 Å². The minimum absolute atomic E-state index is 0.737. The lowest BCUT2D eigenvalue weighted by Crippen LogP contribution is -2.41. The van der Waals surface area contributed by atoms with Crippen LogP contribution < -0.4 is 0 Å². The summed E-state index contributed by atoms with van der Waals surface area (Å²) >= 11 is 0. The summed E-state index contributed by atoms with van der Waals surface area (Å²) in [6.45, 7) is 6.79. The molecule has 0 aromatic carbocycles. The Bertz CT molecular complexity index is 189. The normalized spacial score (nSPS) is 60.3. The average molecular weight is 151 g/mol. The predicted octanol–water partition coefficient (Wildman–Crippen LogP) is 1.74. The second-order valence-electron chi connectivity index (χ2n) is 5.11. The molecule has 0 aromatic heterocycles. The highest BCUT2D eigenvalue weighted by Crippen LogP contribution is 2.53. The van der Waals surface area contributed by atoms with Gasteiger partial charge in [-0.2, -0.15) is 0 Å². The van der Waals surface area contributed by atoms with Gasteiger partial charge in [-0.15, -0.1) is 0 Å². The fourth-order valence-corrected chi connectivity index (χ4v) is 3.83. The zero-order chi connectivity index (χ0) is 7.47. The van der Waals surface area contributed by atoms with E-state index in [2.05, 4.69) is 11.8 Å². The Morgan fingerprint density at radius 3 is 2.91 bits per heavy atom. The van der Waals surface area contributed by atoms with Crippen molar-refractivity contribution in [3.8, 4) is 0 Å². The van der Waals surface area contributed by atoms with Crippen molar-refractivity contribution in [3.05, 3.63) is 0 Å². The molecular weight excluding hydrogens is 134 g/mol. The standard InChI is InChI=1S/C10H17N/c1-10-4-2-3-8-5-11(7-10)6-9(8)10/h8-9H,2-7H2,1H3. The molecule has 3 fully saturated rings. The molecule has 11 heavy (non-hydrogen) atoms. The minimum Gasteiger partial charge on any atom is -0.302 e. The van der Waals surface area contributed by atoms with Crippen molar-refractivity contribution >= 4 is 0 Å². The van der Waals surface area contributed by atoms with Crippen LogP contribution in [0.4, 0.5) is 0 Å². The predicted molar refractivity (Wildman–Crippen MR) is 45.4 cm³/mol. The summed E-state index contributed by atoms with van der Waals surface area (Å²) in [6, 6.07) is 0. The molecule has 0 spiro atoms. The summed E-state index contributed by atoms with van der Waals surface area (Å²) in [5.74, 6) is 2.17. The number of piperidine rings is 1. The molecule has 2 heterocycles. The Morgan fingerprint density at radius 2 is 2.27 bits per heavy atom. The van der Waals surface area contributed by atoms with Crippen LogP contribution in [0.5, 0.6) is 0 Å². The van der Waals surface area contributed by atoms with Gasteiger partial charge in [0.1, 0.15) is 0 Å². The van der Waals surface area contributed by atoms with E-state index in [1.165, 1.54) is 38.9 Å². The first-order valence-electron chi connectivity index (χ1n) is 5.00. The van der Waals surface area contributed by atoms with Gasteiger partial charge in [0.25, 0.3) is 0 Å². The van der Waals surface area contributed by atoms with E-state index >= 15 is 0 Å². The Morgan fingerprint density at radius 1 is 1.36 bits per heavy atom. The summed E-state index contributed by atoms with van der Waals surface area (Å²) in [5, 5.41) is 0. The Labute approximate surface area is 68.8 Å². The van der Waals surface area contributed by atoms with Crippen LogP contribution in [0, 0.1) is 17.3 Å². The molecule has 4 unspecified atom stereocenters. The summed E-state index contributed by atoms with van der Waals surface area (Å²) in [5.41, 5.74) is 0.737. The molecular formula is C10H17N. The molecule has 1 heteroatoms. The average Bonchev–Trinajstić information content (AvgIpc) is 2.40.